The summed E-state index contributed by atoms with van der Waals surface area (Å²) in [6.07, 6.45) is 5.35. The molecule has 0 saturated carbocycles. The quantitative estimate of drug-likeness (QED) is 0.585. The van der Waals surface area contributed by atoms with Crippen molar-refractivity contribution in [3.8, 4) is 10.6 Å². The average molecular weight is 429 g/mol. The van der Waals surface area contributed by atoms with Gasteiger partial charge in [0.1, 0.15) is 10.0 Å². The minimum absolute atomic E-state index is 0.118. The van der Waals surface area contributed by atoms with E-state index in [1.807, 2.05) is 24.3 Å². The van der Waals surface area contributed by atoms with E-state index in [-0.39, 0.29) is 17.6 Å². The molecule has 3 heterocycles. The van der Waals surface area contributed by atoms with Crippen LogP contribution in [0.5, 0.6) is 0 Å². The summed E-state index contributed by atoms with van der Waals surface area (Å²) in [6.45, 7) is 1.62. The molecule has 0 radical (unpaired) electrons. The van der Waals surface area contributed by atoms with Gasteiger partial charge in [0.25, 0.3) is 5.91 Å². The average Bonchev–Trinajstić information content (AvgIpc) is 3.10. The van der Waals surface area contributed by atoms with Crippen LogP contribution in [0.2, 0.25) is 5.02 Å². The lowest BCUT2D eigenvalue weighted by Crippen LogP contribution is -2.43. The van der Waals surface area contributed by atoms with Crippen LogP contribution in [-0.2, 0) is 0 Å². The molecule has 0 bridgehead atoms. The minimum Gasteiger partial charge on any atom is -0.389 e. The van der Waals surface area contributed by atoms with Gasteiger partial charge in [-0.2, -0.15) is 0 Å². The topological polar surface area (TPSA) is 110 Å². The zero-order valence-electron chi connectivity index (χ0n) is 15.6. The fourth-order valence-electron chi connectivity index (χ4n) is 3.41. The number of rotatable bonds is 4. The van der Waals surface area contributed by atoms with Crippen LogP contribution in [0, 0.1) is 0 Å². The normalized spacial score (nSPS) is 16.6. The molecule has 1 unspecified atom stereocenters. The summed E-state index contributed by atoms with van der Waals surface area (Å²) in [5.74, 6) is -0.382. The van der Waals surface area contributed by atoms with Crippen LogP contribution in [0.25, 0.3) is 10.6 Å². The van der Waals surface area contributed by atoms with Crippen LogP contribution in [0.15, 0.2) is 42.7 Å². The van der Waals surface area contributed by atoms with Crippen molar-refractivity contribution in [2.75, 3.05) is 29.0 Å². The van der Waals surface area contributed by atoms with E-state index < -0.39 is 0 Å². The number of thiazole rings is 1. The maximum Gasteiger partial charge on any atom is 0.277 e. The van der Waals surface area contributed by atoms with Crippen molar-refractivity contribution in [3.63, 3.8) is 0 Å². The Labute approximate surface area is 177 Å². The maximum absolute atomic E-state index is 12.9. The molecule has 0 aliphatic carbocycles. The number of pyridine rings is 1. The van der Waals surface area contributed by atoms with Crippen molar-refractivity contribution in [1.82, 2.24) is 9.97 Å². The number of anilines is 3. The van der Waals surface area contributed by atoms with Gasteiger partial charge in [0.15, 0.2) is 5.69 Å². The number of amides is 1. The van der Waals surface area contributed by atoms with E-state index in [0.717, 1.165) is 37.2 Å². The highest BCUT2D eigenvalue weighted by molar-refractivity contribution is 7.19. The fraction of sp³-hybridized carbons (Fsp3) is 0.250. The van der Waals surface area contributed by atoms with Crippen LogP contribution in [0.4, 0.5) is 16.4 Å². The first-order valence-corrected chi connectivity index (χ1v) is 10.5. The van der Waals surface area contributed by atoms with Crippen LogP contribution in [0.3, 0.4) is 0 Å². The molecule has 1 saturated heterocycles. The molecular weight excluding hydrogens is 408 g/mol. The van der Waals surface area contributed by atoms with Crippen molar-refractivity contribution >= 4 is 45.2 Å². The van der Waals surface area contributed by atoms with Crippen LogP contribution in [0.1, 0.15) is 23.3 Å². The molecule has 9 heteroatoms. The standard InChI is InChI=1S/C20H21ClN6OS/c21-14-6-2-1-5-13(14)20-26-17(18(23)29-20)19(28)25-15-10-24-8-7-16(15)27-9-3-4-12(22)11-27/h1-2,5-8,10,12H,3-4,9,11,22-23H2,(H,25,28). The van der Waals surface area contributed by atoms with Gasteiger partial charge in [-0.3, -0.25) is 9.78 Å². The Morgan fingerprint density at radius 2 is 2.14 bits per heavy atom. The molecule has 1 aliphatic rings. The predicted molar refractivity (Wildman–Crippen MR) is 119 cm³/mol. The third-order valence-corrected chi connectivity index (χ3v) is 6.06. The summed E-state index contributed by atoms with van der Waals surface area (Å²) in [7, 11) is 0. The molecule has 2 aromatic heterocycles. The molecule has 1 amide bonds. The number of halogens is 1. The number of nitrogens with two attached hydrogens (primary N) is 2. The van der Waals surface area contributed by atoms with Gasteiger partial charge in [0.2, 0.25) is 0 Å². The highest BCUT2D eigenvalue weighted by Gasteiger charge is 2.22. The van der Waals surface area contributed by atoms with Crippen molar-refractivity contribution in [2.45, 2.75) is 18.9 Å². The summed E-state index contributed by atoms with van der Waals surface area (Å²) in [5, 5.41) is 4.41. The Hall–Kier alpha value is -2.68. The number of nitrogens with zero attached hydrogens (tertiary/aromatic N) is 3. The van der Waals surface area contributed by atoms with Gasteiger partial charge in [-0.05, 0) is 25.0 Å². The molecule has 3 aromatic rings. The first kappa shape index (κ1) is 19.6. The minimum atomic E-state index is -0.382. The molecule has 29 heavy (non-hydrogen) atoms. The van der Waals surface area contributed by atoms with Gasteiger partial charge < -0.3 is 21.7 Å². The predicted octanol–water partition coefficient (Wildman–Crippen LogP) is 3.62. The molecule has 150 valence electrons. The van der Waals surface area contributed by atoms with Gasteiger partial charge in [-0.25, -0.2) is 4.98 Å². The van der Waals surface area contributed by atoms with Crippen molar-refractivity contribution < 1.29 is 4.79 Å². The van der Waals surface area contributed by atoms with Crippen LogP contribution >= 0.6 is 22.9 Å². The summed E-state index contributed by atoms with van der Waals surface area (Å²) in [5.41, 5.74) is 14.6. The van der Waals surface area contributed by atoms with Gasteiger partial charge in [0, 0.05) is 30.9 Å². The van der Waals surface area contributed by atoms with Crippen molar-refractivity contribution in [1.29, 1.82) is 0 Å². The monoisotopic (exact) mass is 428 g/mol. The Kier molecular flexibility index (Phi) is 5.66. The first-order valence-electron chi connectivity index (χ1n) is 9.30. The summed E-state index contributed by atoms with van der Waals surface area (Å²) in [6, 6.07) is 9.33. The molecule has 1 aromatic carbocycles. The number of hydrogen-bond donors (Lipinski definition) is 3. The van der Waals surface area contributed by atoms with E-state index in [2.05, 4.69) is 20.2 Å². The van der Waals surface area contributed by atoms with E-state index in [1.54, 1.807) is 18.5 Å². The lowest BCUT2D eigenvalue weighted by atomic mass is 10.1. The second-order valence-electron chi connectivity index (χ2n) is 6.91. The lowest BCUT2D eigenvalue weighted by Gasteiger charge is -2.33. The van der Waals surface area contributed by atoms with Crippen molar-refractivity contribution in [2.24, 2.45) is 5.73 Å². The van der Waals surface area contributed by atoms with Gasteiger partial charge in [0.05, 0.1) is 22.6 Å². The van der Waals surface area contributed by atoms with E-state index in [4.69, 9.17) is 23.1 Å². The summed E-state index contributed by atoms with van der Waals surface area (Å²) < 4.78 is 0. The van der Waals surface area contributed by atoms with E-state index in [0.29, 0.717) is 20.7 Å². The van der Waals surface area contributed by atoms with Crippen molar-refractivity contribution in [3.05, 3.63) is 53.4 Å². The molecule has 1 aliphatic heterocycles. The molecule has 4 rings (SSSR count). The third kappa shape index (κ3) is 4.19. The first-order chi connectivity index (χ1) is 14.0. The van der Waals surface area contributed by atoms with E-state index >= 15 is 0 Å². The Bertz CT molecular complexity index is 1040. The number of piperidine rings is 1. The molecule has 7 nitrogen and oxygen atoms in total. The van der Waals surface area contributed by atoms with Gasteiger partial charge >= 0.3 is 0 Å². The SMILES string of the molecule is Nc1sc(-c2ccccc2Cl)nc1C(=O)Nc1cnccc1N1CCCC(N)C1. The highest BCUT2D eigenvalue weighted by atomic mass is 35.5. The second-order valence-corrected chi connectivity index (χ2v) is 8.34. The fourth-order valence-corrected chi connectivity index (χ4v) is 4.56. The number of aromatic nitrogens is 2. The van der Waals surface area contributed by atoms with E-state index in [9.17, 15) is 4.79 Å². The Morgan fingerprint density at radius 1 is 1.31 bits per heavy atom. The Morgan fingerprint density at radius 3 is 2.93 bits per heavy atom. The number of carbonyl (C=O) groups is 1. The molecule has 1 atom stereocenters. The summed E-state index contributed by atoms with van der Waals surface area (Å²) in [4.78, 5) is 23.7. The molecule has 5 N–H and O–H groups in total. The lowest BCUT2D eigenvalue weighted by molar-refractivity contribution is 0.102. The van der Waals surface area contributed by atoms with Crippen LogP contribution < -0.4 is 21.7 Å². The number of nitrogens with one attached hydrogen (secondary N) is 1. The van der Waals surface area contributed by atoms with E-state index in [1.165, 1.54) is 11.3 Å². The smallest absolute Gasteiger partial charge is 0.277 e. The molecular formula is C20H21ClN6OS. The highest BCUT2D eigenvalue weighted by Crippen LogP contribution is 2.35. The number of carbonyl (C=O) groups excluding carboxylic acids is 1. The number of nitrogen functional groups attached to an aromatic ring is 1. The zero-order chi connectivity index (χ0) is 20.4. The number of hydrogen-bond acceptors (Lipinski definition) is 7. The largest absolute Gasteiger partial charge is 0.389 e. The molecule has 0 spiro atoms. The maximum atomic E-state index is 12.9. The van der Waals surface area contributed by atoms with Gasteiger partial charge in [-0.1, -0.05) is 41.1 Å². The third-order valence-electron chi connectivity index (χ3n) is 4.82. The summed E-state index contributed by atoms with van der Waals surface area (Å²) >= 11 is 7.48. The zero-order valence-corrected chi connectivity index (χ0v) is 17.2. The second kappa shape index (κ2) is 8.36. The Balaban J connectivity index is 1.59. The van der Waals surface area contributed by atoms with Crippen LogP contribution in [-0.4, -0.2) is 35.0 Å². The number of benzene rings is 1. The molecule has 1 fully saturated rings. The van der Waals surface area contributed by atoms with Gasteiger partial charge in [-0.15, -0.1) is 0 Å².